The minimum absolute atomic E-state index is 0.665. The summed E-state index contributed by atoms with van der Waals surface area (Å²) in [5, 5.41) is 0. The van der Waals surface area contributed by atoms with Crippen molar-refractivity contribution in [2.45, 2.75) is 20.0 Å². The lowest BCUT2D eigenvalue weighted by Crippen LogP contribution is -2.05. The highest BCUT2D eigenvalue weighted by Gasteiger charge is 2.22. The van der Waals surface area contributed by atoms with Gasteiger partial charge in [-0.05, 0) is 18.1 Å². The Kier molecular flexibility index (Phi) is 3.90. The first-order valence-electron chi connectivity index (χ1n) is 6.87. The van der Waals surface area contributed by atoms with Crippen LogP contribution in [0, 0.1) is 0 Å². The molecule has 2 heterocycles. The van der Waals surface area contributed by atoms with E-state index in [0.717, 1.165) is 22.5 Å². The number of aliphatic imine (C=N–C) groups is 1. The number of benzene rings is 1. The van der Waals surface area contributed by atoms with Crippen LogP contribution in [0.4, 0.5) is 0 Å². The summed E-state index contributed by atoms with van der Waals surface area (Å²) in [6, 6.07) is 8.34. The molecule has 0 saturated carbocycles. The van der Waals surface area contributed by atoms with Crippen molar-refractivity contribution in [3.63, 3.8) is 0 Å². The number of thiol groups is 1. The number of pyridine rings is 1. The number of hydrogen-bond donors (Lipinski definition) is 2. The van der Waals surface area contributed by atoms with Crippen LogP contribution in [0.25, 0.3) is 17.2 Å². The van der Waals surface area contributed by atoms with E-state index in [9.17, 15) is 0 Å². The van der Waals surface area contributed by atoms with Crippen LogP contribution in [-0.4, -0.2) is 10.7 Å². The van der Waals surface area contributed by atoms with Gasteiger partial charge in [0.2, 0.25) is 0 Å². The van der Waals surface area contributed by atoms with Crippen LogP contribution in [0.5, 0.6) is 0 Å². The van der Waals surface area contributed by atoms with Gasteiger partial charge in [-0.3, -0.25) is 14.7 Å². The predicted molar refractivity (Wildman–Crippen MR) is 91.5 cm³/mol. The minimum Gasteiger partial charge on any atom is -0.283 e. The summed E-state index contributed by atoms with van der Waals surface area (Å²) in [6.07, 6.45) is 3.75. The van der Waals surface area contributed by atoms with Crippen molar-refractivity contribution in [3.05, 3.63) is 59.4 Å². The molecule has 1 aliphatic heterocycles. The molecule has 0 fully saturated rings. The molecule has 0 aliphatic carbocycles. The fourth-order valence-electron chi connectivity index (χ4n) is 2.80. The number of fused-ring (bicyclic) bond motifs is 1. The van der Waals surface area contributed by atoms with E-state index in [1.165, 1.54) is 16.7 Å². The van der Waals surface area contributed by atoms with Gasteiger partial charge in [0.15, 0.2) is 0 Å². The normalized spacial score (nSPS) is 13.0. The predicted octanol–water partition coefficient (Wildman–Crippen LogP) is 3.65. The Morgan fingerprint density at radius 1 is 1.33 bits per heavy atom. The number of aromatic nitrogens is 1. The van der Waals surface area contributed by atoms with Crippen LogP contribution in [-0.2, 0) is 13.1 Å². The molecule has 3 nitrogen and oxygen atoms in total. The van der Waals surface area contributed by atoms with Crippen molar-refractivity contribution in [2.75, 3.05) is 0 Å². The standard InChI is InChI=1S/C17H17N3S/c1-3-12-8-19-15-10-18-11(2)16(15)17(12)14-7-5-4-6-13(14)9-20-21/h3-8,20-21H,1,9-10H2,2H3. The molecule has 21 heavy (non-hydrogen) atoms. The van der Waals surface area contributed by atoms with Crippen molar-refractivity contribution in [2.24, 2.45) is 4.99 Å². The average Bonchev–Trinajstić information content (AvgIpc) is 2.89. The third kappa shape index (κ3) is 2.41. The van der Waals surface area contributed by atoms with Gasteiger partial charge in [-0.1, -0.05) is 49.7 Å². The second-order valence-corrected chi connectivity index (χ2v) is 5.32. The van der Waals surface area contributed by atoms with Gasteiger partial charge in [0, 0.05) is 35.1 Å². The van der Waals surface area contributed by atoms with Gasteiger partial charge in [0.25, 0.3) is 0 Å². The molecule has 0 unspecified atom stereocenters. The molecule has 3 rings (SSSR count). The van der Waals surface area contributed by atoms with Gasteiger partial charge in [0.1, 0.15) is 0 Å². The molecule has 0 bridgehead atoms. The molecule has 0 saturated heterocycles. The average molecular weight is 295 g/mol. The van der Waals surface area contributed by atoms with Crippen LogP contribution in [0.3, 0.4) is 0 Å². The van der Waals surface area contributed by atoms with Gasteiger partial charge in [-0.25, -0.2) is 0 Å². The molecule has 0 radical (unpaired) electrons. The maximum Gasteiger partial charge on any atom is 0.0822 e. The highest BCUT2D eigenvalue weighted by atomic mass is 32.1. The fraction of sp³-hybridized carbons (Fsp3) is 0.176. The van der Waals surface area contributed by atoms with E-state index in [4.69, 9.17) is 0 Å². The molecular weight excluding hydrogens is 278 g/mol. The summed E-state index contributed by atoms with van der Waals surface area (Å²) < 4.78 is 2.93. The molecule has 1 aliphatic rings. The van der Waals surface area contributed by atoms with Crippen molar-refractivity contribution >= 4 is 24.6 Å². The maximum absolute atomic E-state index is 4.53. The summed E-state index contributed by atoms with van der Waals surface area (Å²) >= 11 is 4.13. The third-order valence-corrected chi connectivity index (χ3v) is 3.95. The number of nitrogens with one attached hydrogen (secondary N) is 1. The summed E-state index contributed by atoms with van der Waals surface area (Å²) in [5.41, 5.74) is 7.84. The maximum atomic E-state index is 4.53. The molecule has 0 spiro atoms. The molecule has 1 aromatic heterocycles. The van der Waals surface area contributed by atoms with Crippen LogP contribution >= 0.6 is 12.8 Å². The monoisotopic (exact) mass is 295 g/mol. The summed E-state index contributed by atoms with van der Waals surface area (Å²) in [7, 11) is 0. The van der Waals surface area contributed by atoms with E-state index in [2.05, 4.69) is 52.3 Å². The van der Waals surface area contributed by atoms with Gasteiger partial charge in [-0.2, -0.15) is 0 Å². The number of rotatable bonds is 4. The number of nitrogens with zero attached hydrogens (tertiary/aromatic N) is 2. The smallest absolute Gasteiger partial charge is 0.0822 e. The van der Waals surface area contributed by atoms with E-state index in [1.807, 2.05) is 25.3 Å². The first-order chi connectivity index (χ1) is 10.3. The second kappa shape index (κ2) is 5.84. The largest absolute Gasteiger partial charge is 0.283 e. The SMILES string of the molecule is C=Cc1cnc2c(c1-c1ccccc1CNS)C(C)=NC2. The molecule has 0 atom stereocenters. The fourth-order valence-corrected chi connectivity index (χ4v) is 2.97. The third-order valence-electron chi connectivity index (χ3n) is 3.79. The van der Waals surface area contributed by atoms with Gasteiger partial charge >= 0.3 is 0 Å². The Labute approximate surface area is 130 Å². The summed E-state index contributed by atoms with van der Waals surface area (Å²) in [6.45, 7) is 7.34. The molecule has 4 heteroatoms. The van der Waals surface area contributed by atoms with E-state index in [-0.39, 0.29) is 0 Å². The zero-order valence-corrected chi connectivity index (χ0v) is 12.8. The lowest BCUT2D eigenvalue weighted by Gasteiger charge is -2.16. The van der Waals surface area contributed by atoms with Gasteiger partial charge < -0.3 is 0 Å². The van der Waals surface area contributed by atoms with Crippen LogP contribution in [0.1, 0.15) is 29.3 Å². The van der Waals surface area contributed by atoms with Crippen molar-refractivity contribution < 1.29 is 0 Å². The van der Waals surface area contributed by atoms with E-state index in [1.54, 1.807) is 0 Å². The quantitative estimate of drug-likeness (QED) is 0.845. The molecule has 2 aromatic rings. The molecular formula is C17H17N3S. The first kappa shape index (κ1) is 14.0. The van der Waals surface area contributed by atoms with Crippen molar-refractivity contribution in [1.82, 2.24) is 9.71 Å². The Morgan fingerprint density at radius 2 is 2.14 bits per heavy atom. The Balaban J connectivity index is 2.30. The van der Waals surface area contributed by atoms with Crippen LogP contribution in [0.2, 0.25) is 0 Å². The highest BCUT2D eigenvalue weighted by molar-refractivity contribution is 7.78. The lowest BCUT2D eigenvalue weighted by molar-refractivity contribution is 0.985. The highest BCUT2D eigenvalue weighted by Crippen LogP contribution is 2.35. The lowest BCUT2D eigenvalue weighted by atomic mass is 9.90. The molecule has 1 N–H and O–H groups in total. The van der Waals surface area contributed by atoms with E-state index < -0.39 is 0 Å². The van der Waals surface area contributed by atoms with Gasteiger partial charge in [-0.15, -0.1) is 0 Å². The molecule has 1 aromatic carbocycles. The van der Waals surface area contributed by atoms with E-state index >= 15 is 0 Å². The Morgan fingerprint density at radius 3 is 2.90 bits per heavy atom. The topological polar surface area (TPSA) is 37.3 Å². The summed E-state index contributed by atoms with van der Waals surface area (Å²) in [4.78, 5) is 9.06. The number of hydrogen-bond acceptors (Lipinski definition) is 4. The minimum atomic E-state index is 0.665. The van der Waals surface area contributed by atoms with E-state index in [0.29, 0.717) is 13.1 Å². The second-order valence-electron chi connectivity index (χ2n) is 5.01. The van der Waals surface area contributed by atoms with Gasteiger partial charge in [0.05, 0.1) is 12.2 Å². The van der Waals surface area contributed by atoms with Crippen LogP contribution < -0.4 is 4.72 Å². The first-order valence-corrected chi connectivity index (χ1v) is 7.32. The Bertz CT molecular complexity index is 735. The Hall–Kier alpha value is -1.91. The summed E-state index contributed by atoms with van der Waals surface area (Å²) in [5.74, 6) is 0. The molecule has 106 valence electrons. The zero-order valence-electron chi connectivity index (χ0n) is 11.9. The zero-order chi connectivity index (χ0) is 14.8. The molecule has 0 amide bonds. The van der Waals surface area contributed by atoms with Crippen LogP contribution in [0.15, 0.2) is 42.0 Å². The van der Waals surface area contributed by atoms with Crippen molar-refractivity contribution in [3.8, 4) is 11.1 Å². The van der Waals surface area contributed by atoms with Crippen molar-refractivity contribution in [1.29, 1.82) is 0 Å².